The second-order valence-electron chi connectivity index (χ2n) is 0.781. The summed E-state index contributed by atoms with van der Waals surface area (Å²) in [6.07, 6.45) is -1.72. The van der Waals surface area contributed by atoms with E-state index in [0.717, 1.165) is 0 Å². The number of carboxylic acid groups (broad SMARTS) is 1. The van der Waals surface area contributed by atoms with Gasteiger partial charge in [0.2, 0.25) is 0 Å². The molecule has 0 saturated carbocycles. The third-order valence-electron chi connectivity index (χ3n) is 0.271. The van der Waals surface area contributed by atoms with Crippen LogP contribution >= 0.6 is 11.6 Å². The van der Waals surface area contributed by atoms with Crippen molar-refractivity contribution in [3.05, 3.63) is 11.5 Å². The lowest BCUT2D eigenvalue weighted by Gasteiger charge is -1.88. The van der Waals surface area contributed by atoms with E-state index in [0.29, 0.717) is 5.54 Å². The smallest absolute Gasteiger partial charge is 0.449 e. The SMILES string of the molecule is O=C(O)O/C(F)=C/Cl. The summed E-state index contributed by atoms with van der Waals surface area (Å²) in [5, 5.41) is 7.65. The van der Waals surface area contributed by atoms with E-state index in [9.17, 15) is 9.18 Å². The van der Waals surface area contributed by atoms with E-state index in [1.165, 1.54) is 0 Å². The average Bonchev–Trinajstić information content (AvgIpc) is 1.65. The van der Waals surface area contributed by atoms with Crippen LogP contribution in [0.3, 0.4) is 0 Å². The summed E-state index contributed by atoms with van der Waals surface area (Å²) < 4.78 is 14.9. The van der Waals surface area contributed by atoms with Crippen molar-refractivity contribution in [2.75, 3.05) is 0 Å². The highest BCUT2D eigenvalue weighted by molar-refractivity contribution is 6.25. The summed E-state index contributed by atoms with van der Waals surface area (Å²) in [5.74, 6) is 0. The van der Waals surface area contributed by atoms with Gasteiger partial charge in [-0.3, -0.25) is 0 Å². The van der Waals surface area contributed by atoms with E-state index in [1.54, 1.807) is 0 Å². The van der Waals surface area contributed by atoms with Crippen LogP contribution in [0.2, 0.25) is 0 Å². The molecule has 0 aliphatic rings. The predicted octanol–water partition coefficient (Wildman–Crippen LogP) is 1.69. The first-order valence-corrected chi connectivity index (χ1v) is 1.97. The molecule has 0 aromatic rings. The molecule has 0 aliphatic carbocycles. The number of hydrogen-bond donors (Lipinski definition) is 1. The lowest BCUT2D eigenvalue weighted by molar-refractivity contribution is 0.0986. The first-order chi connectivity index (χ1) is 3.66. The molecular formula is C3H2ClFO3. The monoisotopic (exact) mass is 140 g/mol. The molecule has 0 saturated heterocycles. The molecule has 46 valence electrons. The first-order valence-electron chi connectivity index (χ1n) is 1.53. The van der Waals surface area contributed by atoms with Gasteiger partial charge in [-0.1, -0.05) is 11.6 Å². The van der Waals surface area contributed by atoms with Crippen LogP contribution in [-0.2, 0) is 4.74 Å². The zero-order valence-electron chi connectivity index (χ0n) is 3.60. The number of hydrogen-bond acceptors (Lipinski definition) is 2. The summed E-state index contributed by atoms with van der Waals surface area (Å²) in [5.41, 5.74) is 0.383. The molecule has 1 N–H and O–H groups in total. The molecule has 0 amide bonds. The summed E-state index contributed by atoms with van der Waals surface area (Å²) in [7, 11) is 0. The maximum Gasteiger partial charge on any atom is 0.513 e. The number of halogens is 2. The third kappa shape index (κ3) is 3.42. The van der Waals surface area contributed by atoms with Gasteiger partial charge in [-0.05, 0) is 0 Å². The summed E-state index contributed by atoms with van der Waals surface area (Å²) >= 11 is 4.67. The zero-order valence-corrected chi connectivity index (χ0v) is 4.35. The van der Waals surface area contributed by atoms with E-state index in [2.05, 4.69) is 16.3 Å². The van der Waals surface area contributed by atoms with Crippen LogP contribution in [0.25, 0.3) is 0 Å². The van der Waals surface area contributed by atoms with Gasteiger partial charge in [-0.25, -0.2) is 4.79 Å². The van der Waals surface area contributed by atoms with E-state index in [-0.39, 0.29) is 0 Å². The second kappa shape index (κ2) is 3.26. The van der Waals surface area contributed by atoms with Gasteiger partial charge in [0.05, 0.1) is 5.54 Å². The van der Waals surface area contributed by atoms with Crippen LogP contribution in [0.4, 0.5) is 9.18 Å². The highest BCUT2D eigenvalue weighted by Gasteiger charge is 1.99. The Balaban J connectivity index is 3.56. The molecule has 0 heterocycles. The number of ether oxygens (including phenoxy) is 1. The number of carbonyl (C=O) groups is 1. The van der Waals surface area contributed by atoms with Gasteiger partial charge >= 0.3 is 6.16 Å². The second-order valence-corrected chi connectivity index (χ2v) is 0.999. The summed E-state index contributed by atoms with van der Waals surface area (Å²) in [6.45, 7) is 0. The average molecular weight is 140 g/mol. The Morgan fingerprint density at radius 1 is 1.88 bits per heavy atom. The third-order valence-corrected chi connectivity index (χ3v) is 0.442. The fourth-order valence-electron chi connectivity index (χ4n) is 0.106. The molecule has 0 unspecified atom stereocenters. The minimum atomic E-state index is -1.72. The van der Waals surface area contributed by atoms with Crippen molar-refractivity contribution in [1.29, 1.82) is 0 Å². The van der Waals surface area contributed by atoms with E-state index < -0.39 is 12.2 Å². The predicted molar refractivity (Wildman–Crippen MR) is 24.2 cm³/mol. The molecule has 0 spiro atoms. The molecule has 5 heteroatoms. The van der Waals surface area contributed by atoms with Crippen molar-refractivity contribution in [3.63, 3.8) is 0 Å². The van der Waals surface area contributed by atoms with Gasteiger partial charge < -0.3 is 9.84 Å². The van der Waals surface area contributed by atoms with Crippen molar-refractivity contribution in [3.8, 4) is 0 Å². The van der Waals surface area contributed by atoms with Crippen molar-refractivity contribution in [2.45, 2.75) is 0 Å². The molecule has 0 bridgehead atoms. The van der Waals surface area contributed by atoms with Gasteiger partial charge in [-0.15, -0.1) is 0 Å². The Labute approximate surface area is 49.3 Å². The fourth-order valence-corrected chi connectivity index (χ4v) is 0.150. The molecule has 0 rings (SSSR count). The van der Waals surface area contributed by atoms with Crippen LogP contribution < -0.4 is 0 Å². The normalized spacial score (nSPS) is 11.0. The van der Waals surface area contributed by atoms with Gasteiger partial charge in [0, 0.05) is 0 Å². The Morgan fingerprint density at radius 2 is 2.38 bits per heavy atom. The minimum Gasteiger partial charge on any atom is -0.449 e. The van der Waals surface area contributed by atoms with Crippen LogP contribution in [0.15, 0.2) is 11.5 Å². The van der Waals surface area contributed by atoms with Crippen molar-refractivity contribution in [2.24, 2.45) is 0 Å². The number of rotatable bonds is 1. The lowest BCUT2D eigenvalue weighted by atomic mass is 11.1. The maximum absolute atomic E-state index is 11.5. The van der Waals surface area contributed by atoms with Crippen molar-refractivity contribution < 1.29 is 19.0 Å². The van der Waals surface area contributed by atoms with Gasteiger partial charge in [0.15, 0.2) is 0 Å². The molecule has 0 aromatic heterocycles. The van der Waals surface area contributed by atoms with Gasteiger partial charge in [-0.2, -0.15) is 4.39 Å². The van der Waals surface area contributed by atoms with E-state index in [1.807, 2.05) is 0 Å². The van der Waals surface area contributed by atoms with Crippen molar-refractivity contribution >= 4 is 17.8 Å². The van der Waals surface area contributed by atoms with Crippen LogP contribution in [0.1, 0.15) is 0 Å². The molecule has 8 heavy (non-hydrogen) atoms. The largest absolute Gasteiger partial charge is 0.513 e. The van der Waals surface area contributed by atoms with Crippen LogP contribution in [0.5, 0.6) is 0 Å². The molecular weight excluding hydrogens is 138 g/mol. The Kier molecular flexibility index (Phi) is 2.95. The van der Waals surface area contributed by atoms with Crippen molar-refractivity contribution in [1.82, 2.24) is 0 Å². The van der Waals surface area contributed by atoms with Gasteiger partial charge in [0.25, 0.3) is 6.01 Å². The Morgan fingerprint density at radius 3 is 2.50 bits per heavy atom. The fraction of sp³-hybridized carbons (Fsp3) is 0. The highest BCUT2D eigenvalue weighted by Crippen LogP contribution is 1.99. The molecule has 0 fully saturated rings. The van der Waals surface area contributed by atoms with Crippen LogP contribution in [-0.4, -0.2) is 11.3 Å². The summed E-state index contributed by atoms with van der Waals surface area (Å²) in [6, 6.07) is -1.33. The molecule has 0 atom stereocenters. The molecule has 0 radical (unpaired) electrons. The maximum atomic E-state index is 11.5. The topological polar surface area (TPSA) is 46.5 Å². The zero-order chi connectivity index (χ0) is 6.57. The van der Waals surface area contributed by atoms with E-state index >= 15 is 0 Å². The molecule has 0 aliphatic heterocycles. The van der Waals surface area contributed by atoms with Gasteiger partial charge in [0.1, 0.15) is 0 Å². The summed E-state index contributed by atoms with van der Waals surface area (Å²) in [4.78, 5) is 9.41. The standard InChI is InChI=1S/C3H2ClFO3/c4-1-2(5)8-3(6)7/h1H,(H,6,7)/b2-1+. The van der Waals surface area contributed by atoms with E-state index in [4.69, 9.17) is 5.11 Å². The molecule has 3 nitrogen and oxygen atoms in total. The first kappa shape index (κ1) is 7.23. The Hall–Kier alpha value is -0.770. The minimum absolute atomic E-state index is 0.383. The quantitative estimate of drug-likeness (QED) is 0.445. The molecule has 0 aromatic carbocycles. The van der Waals surface area contributed by atoms with Crippen LogP contribution in [0, 0.1) is 0 Å². The Bertz CT molecular complexity index is 122. The highest BCUT2D eigenvalue weighted by atomic mass is 35.5. The lowest BCUT2D eigenvalue weighted by Crippen LogP contribution is -1.95.